The van der Waals surface area contributed by atoms with Gasteiger partial charge in [-0.2, -0.15) is 0 Å². The van der Waals surface area contributed by atoms with Crippen LogP contribution in [0.2, 0.25) is 0 Å². The van der Waals surface area contributed by atoms with Gasteiger partial charge in [-0.1, -0.05) is 121 Å². The predicted octanol–water partition coefficient (Wildman–Crippen LogP) is 16.0. The number of halogens is 2. The largest absolute Gasteiger partial charge is 0.314 e. The van der Waals surface area contributed by atoms with Crippen LogP contribution in [0.5, 0.6) is 0 Å². The summed E-state index contributed by atoms with van der Waals surface area (Å²) in [6.45, 7) is 0. The van der Waals surface area contributed by atoms with Crippen LogP contribution in [0.15, 0.2) is 210 Å². The van der Waals surface area contributed by atoms with E-state index in [2.05, 4.69) is 163 Å². The number of thiophene rings is 1. The molecule has 1 spiro atoms. The van der Waals surface area contributed by atoms with Gasteiger partial charge < -0.3 is 9.80 Å². The summed E-state index contributed by atoms with van der Waals surface area (Å²) in [6.07, 6.45) is 7.77. The Kier molecular flexibility index (Phi) is 8.41. The molecule has 3 aliphatic rings. The number of hydrogen-bond acceptors (Lipinski definition) is 4. The quantitative estimate of drug-likeness (QED) is 0.165. The van der Waals surface area contributed by atoms with Gasteiger partial charge in [-0.25, -0.2) is 8.78 Å². The molecule has 0 atom stereocenters. The normalized spacial score (nSPS) is 14.4. The summed E-state index contributed by atoms with van der Waals surface area (Å²) in [5, 5.41) is 2.39. The van der Waals surface area contributed by atoms with E-state index in [1.165, 1.54) is 75.5 Å². The van der Waals surface area contributed by atoms with Crippen molar-refractivity contribution < 1.29 is 8.78 Å². The molecule has 0 amide bonds. The van der Waals surface area contributed by atoms with Crippen molar-refractivity contribution in [3.05, 3.63) is 234 Å². The molecule has 6 heteroatoms. The van der Waals surface area contributed by atoms with Crippen LogP contribution in [-0.4, -0.2) is 0 Å². The highest BCUT2D eigenvalue weighted by atomic mass is 32.2. The van der Waals surface area contributed by atoms with Crippen LogP contribution in [0.25, 0.3) is 31.3 Å². The Labute approximate surface area is 361 Å². The minimum atomic E-state index is -0.612. The zero-order valence-electron chi connectivity index (χ0n) is 32.9. The SMILES string of the molecule is Fc1cc(F)cc(N(C2=CC=CCC2)c2cccc(N(c3ccc4c(c3)-c3ccccc3C43c4ccccc4Sc4ccccc43)c3cccc4sc5ccccc5c34)c2)c1. The standard InChI is InChI=1S/C55H36F2N2S2/c56-35-30-36(57)32-41(31-35)58(37-14-2-1-3-15-37)38-16-12-17-39(33-38)59(49-23-13-27-53-54(49)43-19-5-9-24-50(43)60-53)40-28-29-46-44(34-40)42-18-4-6-20-45(42)55(46)47-21-7-10-25-51(47)61-52-26-11-8-22-48(52)55/h1-2,4-14,16-34H,3,15H2. The lowest BCUT2D eigenvalue weighted by Crippen LogP contribution is -2.31. The number of benzene rings is 8. The smallest absolute Gasteiger partial charge is 0.128 e. The fourth-order valence-electron chi connectivity index (χ4n) is 10.1. The van der Waals surface area contributed by atoms with E-state index >= 15 is 0 Å². The number of nitrogens with zero attached hydrogens (tertiary/aromatic N) is 2. The summed E-state index contributed by atoms with van der Waals surface area (Å²) in [5.41, 5.74) is 12.3. The van der Waals surface area contributed by atoms with Gasteiger partial charge in [0.1, 0.15) is 11.6 Å². The van der Waals surface area contributed by atoms with E-state index < -0.39 is 17.0 Å². The number of rotatable bonds is 6. The highest BCUT2D eigenvalue weighted by molar-refractivity contribution is 7.99. The Balaban J connectivity index is 1.12. The van der Waals surface area contributed by atoms with E-state index in [4.69, 9.17) is 0 Å². The van der Waals surface area contributed by atoms with Crippen LogP contribution in [0.3, 0.4) is 0 Å². The van der Waals surface area contributed by atoms with E-state index in [1.54, 1.807) is 11.3 Å². The Morgan fingerprint density at radius 1 is 0.492 bits per heavy atom. The molecule has 8 aromatic carbocycles. The van der Waals surface area contributed by atoms with Gasteiger partial charge in [0.15, 0.2) is 0 Å². The highest BCUT2D eigenvalue weighted by Gasteiger charge is 2.50. The van der Waals surface area contributed by atoms with Crippen molar-refractivity contribution in [1.82, 2.24) is 0 Å². The lowest BCUT2D eigenvalue weighted by atomic mass is 9.67. The molecule has 292 valence electrons. The maximum Gasteiger partial charge on any atom is 0.128 e. The maximum atomic E-state index is 15.0. The summed E-state index contributed by atoms with van der Waals surface area (Å²) < 4.78 is 32.4. The van der Waals surface area contributed by atoms with E-state index in [1.807, 2.05) is 34.9 Å². The number of anilines is 5. The molecule has 0 saturated heterocycles. The van der Waals surface area contributed by atoms with Crippen LogP contribution in [0, 0.1) is 11.6 Å². The Hall–Kier alpha value is -6.73. The average molecular weight is 827 g/mol. The summed E-state index contributed by atoms with van der Waals surface area (Å²) in [7, 11) is 0. The molecule has 0 unspecified atom stereocenters. The van der Waals surface area contributed by atoms with Crippen LogP contribution < -0.4 is 9.80 Å². The molecule has 61 heavy (non-hydrogen) atoms. The lowest BCUT2D eigenvalue weighted by molar-refractivity contribution is 0.583. The molecule has 1 aliphatic heterocycles. The monoisotopic (exact) mass is 826 g/mol. The van der Waals surface area contributed by atoms with Crippen molar-refractivity contribution in [2.24, 2.45) is 0 Å². The number of allylic oxidation sites excluding steroid dienone is 4. The van der Waals surface area contributed by atoms with E-state index in [9.17, 15) is 8.78 Å². The van der Waals surface area contributed by atoms with Gasteiger partial charge in [-0.3, -0.25) is 0 Å². The summed E-state index contributed by atoms with van der Waals surface area (Å²) in [4.78, 5) is 6.91. The second-order valence-corrected chi connectivity index (χ2v) is 18.0. The fraction of sp³-hybridized carbons (Fsp3) is 0.0545. The third-order valence-electron chi connectivity index (χ3n) is 12.4. The van der Waals surface area contributed by atoms with Gasteiger partial charge >= 0.3 is 0 Å². The molecule has 1 aromatic heterocycles. The van der Waals surface area contributed by atoms with Crippen molar-refractivity contribution in [2.75, 3.05) is 9.80 Å². The minimum absolute atomic E-state index is 0.444. The first-order chi connectivity index (χ1) is 30.1. The van der Waals surface area contributed by atoms with Gasteiger partial charge in [0.05, 0.1) is 16.8 Å². The first kappa shape index (κ1) is 36.1. The van der Waals surface area contributed by atoms with Crippen molar-refractivity contribution in [3.63, 3.8) is 0 Å². The second kappa shape index (κ2) is 14.2. The predicted molar refractivity (Wildman–Crippen MR) is 250 cm³/mol. The molecule has 0 N–H and O–H groups in total. The molecule has 2 heterocycles. The molecule has 0 saturated carbocycles. The molecular formula is C55H36F2N2S2. The third-order valence-corrected chi connectivity index (χ3v) is 14.7. The molecule has 0 fully saturated rings. The van der Waals surface area contributed by atoms with Crippen molar-refractivity contribution in [1.29, 1.82) is 0 Å². The first-order valence-corrected chi connectivity index (χ1v) is 22.2. The topological polar surface area (TPSA) is 6.48 Å². The Bertz CT molecular complexity index is 3240. The fourth-order valence-corrected chi connectivity index (χ4v) is 12.4. The molecule has 2 nitrogen and oxygen atoms in total. The second-order valence-electron chi connectivity index (χ2n) is 15.8. The number of fused-ring (bicyclic) bond motifs is 12. The highest BCUT2D eigenvalue weighted by Crippen LogP contribution is 2.63. The minimum Gasteiger partial charge on any atom is -0.314 e. The Morgan fingerprint density at radius 2 is 1.13 bits per heavy atom. The maximum absolute atomic E-state index is 15.0. The van der Waals surface area contributed by atoms with Gasteiger partial charge in [-0.05, 0) is 125 Å². The van der Waals surface area contributed by atoms with E-state index in [-0.39, 0.29) is 0 Å². The lowest BCUT2D eigenvalue weighted by Gasteiger charge is -2.39. The van der Waals surface area contributed by atoms with Gasteiger partial charge in [0, 0.05) is 58.8 Å². The molecule has 9 aromatic rings. The summed E-state index contributed by atoms with van der Waals surface area (Å²) >= 11 is 3.65. The van der Waals surface area contributed by atoms with Crippen molar-refractivity contribution in [2.45, 2.75) is 28.0 Å². The summed E-state index contributed by atoms with van der Waals surface area (Å²) in [5.74, 6) is -1.22. The summed E-state index contributed by atoms with van der Waals surface area (Å²) in [6, 6.07) is 61.1. The van der Waals surface area contributed by atoms with Crippen LogP contribution in [0.4, 0.5) is 37.2 Å². The molecule has 2 aliphatic carbocycles. The van der Waals surface area contributed by atoms with Gasteiger partial charge in [0.25, 0.3) is 0 Å². The molecule has 12 rings (SSSR count). The number of hydrogen-bond donors (Lipinski definition) is 0. The van der Waals surface area contributed by atoms with Gasteiger partial charge in [0.2, 0.25) is 0 Å². The van der Waals surface area contributed by atoms with Crippen molar-refractivity contribution >= 4 is 71.7 Å². The third kappa shape index (κ3) is 5.59. The molecule has 0 radical (unpaired) electrons. The van der Waals surface area contributed by atoms with E-state index in [0.717, 1.165) is 47.4 Å². The molecule has 0 bridgehead atoms. The zero-order chi connectivity index (χ0) is 40.7. The molecular weight excluding hydrogens is 791 g/mol. The van der Waals surface area contributed by atoms with Crippen LogP contribution in [-0.2, 0) is 5.41 Å². The Morgan fingerprint density at radius 3 is 1.90 bits per heavy atom. The van der Waals surface area contributed by atoms with Crippen LogP contribution >= 0.6 is 23.1 Å². The average Bonchev–Trinajstić information content (AvgIpc) is 3.81. The zero-order valence-corrected chi connectivity index (χ0v) is 34.5. The van der Waals surface area contributed by atoms with Crippen molar-refractivity contribution in [3.8, 4) is 11.1 Å². The van der Waals surface area contributed by atoms with Gasteiger partial charge in [-0.15, -0.1) is 11.3 Å². The first-order valence-electron chi connectivity index (χ1n) is 20.6. The van der Waals surface area contributed by atoms with E-state index in [0.29, 0.717) is 5.69 Å². The van der Waals surface area contributed by atoms with Crippen LogP contribution in [0.1, 0.15) is 35.1 Å².